The van der Waals surface area contributed by atoms with Gasteiger partial charge < -0.3 is 4.90 Å². The van der Waals surface area contributed by atoms with Crippen LogP contribution < -0.4 is 0 Å². The summed E-state index contributed by atoms with van der Waals surface area (Å²) in [6, 6.07) is 0. The standard InChI is InChI=1S/C9H13F3N4O/c1-2-3-4-16(5-9(10,11)12)8(17)7-13-6-14-15-7/h6H,2-5H2,1H3,(H,13,14,15). The number of H-pyrrole nitrogens is 1. The summed E-state index contributed by atoms with van der Waals surface area (Å²) in [5.41, 5.74) is 0. The SMILES string of the molecule is CCCCN(CC(F)(F)F)C(=O)c1ncn[nH]1. The Morgan fingerprint density at radius 1 is 1.53 bits per heavy atom. The summed E-state index contributed by atoms with van der Waals surface area (Å²) in [6.45, 7) is 0.618. The molecule has 0 spiro atoms. The zero-order chi connectivity index (χ0) is 12.9. The molecule has 1 N–H and O–H groups in total. The molecule has 1 aromatic rings. The molecule has 0 saturated heterocycles. The fourth-order valence-electron chi connectivity index (χ4n) is 1.28. The van der Waals surface area contributed by atoms with E-state index < -0.39 is 18.6 Å². The summed E-state index contributed by atoms with van der Waals surface area (Å²) >= 11 is 0. The van der Waals surface area contributed by atoms with Gasteiger partial charge in [0.25, 0.3) is 5.91 Å². The summed E-state index contributed by atoms with van der Waals surface area (Å²) in [5.74, 6) is -0.960. The van der Waals surface area contributed by atoms with Gasteiger partial charge in [0, 0.05) is 6.54 Å². The molecular weight excluding hydrogens is 237 g/mol. The van der Waals surface area contributed by atoms with E-state index in [2.05, 4.69) is 15.2 Å². The number of nitrogens with zero attached hydrogens (tertiary/aromatic N) is 3. The number of hydrogen-bond donors (Lipinski definition) is 1. The first kappa shape index (κ1) is 13.5. The molecule has 0 aromatic carbocycles. The normalized spacial score (nSPS) is 11.5. The molecule has 1 aromatic heterocycles. The van der Waals surface area contributed by atoms with E-state index in [-0.39, 0.29) is 12.4 Å². The van der Waals surface area contributed by atoms with E-state index in [1.807, 2.05) is 6.92 Å². The van der Waals surface area contributed by atoms with Crippen LogP contribution in [0.15, 0.2) is 6.33 Å². The molecule has 1 rings (SSSR count). The van der Waals surface area contributed by atoms with Crippen molar-refractivity contribution in [3.05, 3.63) is 12.2 Å². The van der Waals surface area contributed by atoms with Gasteiger partial charge in [0.1, 0.15) is 12.9 Å². The highest BCUT2D eigenvalue weighted by molar-refractivity contribution is 5.90. The number of unbranched alkanes of at least 4 members (excludes halogenated alkanes) is 1. The summed E-state index contributed by atoms with van der Waals surface area (Å²) < 4.78 is 36.9. The number of hydrogen-bond acceptors (Lipinski definition) is 3. The van der Waals surface area contributed by atoms with Crippen LogP contribution in [0.1, 0.15) is 30.4 Å². The monoisotopic (exact) mass is 250 g/mol. The summed E-state index contributed by atoms with van der Waals surface area (Å²) in [4.78, 5) is 16.0. The van der Waals surface area contributed by atoms with E-state index in [4.69, 9.17) is 0 Å². The van der Waals surface area contributed by atoms with E-state index >= 15 is 0 Å². The number of halogens is 3. The Bertz CT molecular complexity index is 350. The van der Waals surface area contributed by atoms with Gasteiger partial charge in [-0.3, -0.25) is 9.89 Å². The van der Waals surface area contributed by atoms with Gasteiger partial charge in [-0.15, -0.1) is 0 Å². The highest BCUT2D eigenvalue weighted by Crippen LogP contribution is 2.17. The van der Waals surface area contributed by atoms with Crippen molar-refractivity contribution >= 4 is 5.91 Å². The first-order valence-corrected chi connectivity index (χ1v) is 5.15. The maximum atomic E-state index is 12.3. The third kappa shape index (κ3) is 4.41. The molecule has 0 fully saturated rings. The fourth-order valence-corrected chi connectivity index (χ4v) is 1.28. The zero-order valence-corrected chi connectivity index (χ0v) is 9.29. The number of rotatable bonds is 5. The number of amides is 1. The topological polar surface area (TPSA) is 61.9 Å². The lowest BCUT2D eigenvalue weighted by atomic mass is 10.3. The van der Waals surface area contributed by atoms with Crippen molar-refractivity contribution < 1.29 is 18.0 Å². The second-order valence-electron chi connectivity index (χ2n) is 3.53. The molecule has 0 unspecified atom stereocenters. The van der Waals surface area contributed by atoms with Crippen molar-refractivity contribution in [1.82, 2.24) is 20.1 Å². The van der Waals surface area contributed by atoms with Crippen LogP contribution in [0.3, 0.4) is 0 Å². The molecule has 17 heavy (non-hydrogen) atoms. The number of aromatic amines is 1. The lowest BCUT2D eigenvalue weighted by molar-refractivity contribution is -0.140. The predicted molar refractivity (Wildman–Crippen MR) is 53.2 cm³/mol. The zero-order valence-electron chi connectivity index (χ0n) is 9.29. The van der Waals surface area contributed by atoms with Gasteiger partial charge in [0.05, 0.1) is 0 Å². The van der Waals surface area contributed by atoms with Crippen molar-refractivity contribution in [2.45, 2.75) is 25.9 Å². The molecule has 0 bridgehead atoms. The molecule has 5 nitrogen and oxygen atoms in total. The average molecular weight is 250 g/mol. The van der Waals surface area contributed by atoms with E-state index in [0.717, 1.165) is 11.2 Å². The molecule has 0 radical (unpaired) electrons. The minimum atomic E-state index is -4.41. The maximum Gasteiger partial charge on any atom is 0.406 e. The third-order valence-corrected chi connectivity index (χ3v) is 2.06. The summed E-state index contributed by atoms with van der Waals surface area (Å²) in [6.07, 6.45) is -2.11. The van der Waals surface area contributed by atoms with Crippen LogP contribution in [0, 0.1) is 0 Å². The Kier molecular flexibility index (Phi) is 4.47. The molecular formula is C9H13F3N4O. The number of carbonyl (C=O) groups excluding carboxylic acids is 1. The Morgan fingerprint density at radius 2 is 2.24 bits per heavy atom. The quantitative estimate of drug-likeness (QED) is 0.863. The van der Waals surface area contributed by atoms with E-state index in [1.54, 1.807) is 0 Å². The Labute approximate surface area is 96.0 Å². The minimum Gasteiger partial charge on any atom is -0.327 e. The maximum absolute atomic E-state index is 12.3. The van der Waals surface area contributed by atoms with Crippen LogP contribution in [-0.2, 0) is 0 Å². The van der Waals surface area contributed by atoms with Crippen LogP contribution in [0.5, 0.6) is 0 Å². The van der Waals surface area contributed by atoms with Gasteiger partial charge in [0.2, 0.25) is 5.82 Å². The van der Waals surface area contributed by atoms with Gasteiger partial charge in [-0.05, 0) is 6.42 Å². The van der Waals surface area contributed by atoms with E-state index in [9.17, 15) is 18.0 Å². The Morgan fingerprint density at radius 3 is 2.71 bits per heavy atom. The lowest BCUT2D eigenvalue weighted by Gasteiger charge is -2.22. The van der Waals surface area contributed by atoms with Gasteiger partial charge in [-0.1, -0.05) is 13.3 Å². The fraction of sp³-hybridized carbons (Fsp3) is 0.667. The smallest absolute Gasteiger partial charge is 0.327 e. The molecule has 0 aliphatic rings. The first-order valence-electron chi connectivity index (χ1n) is 5.15. The van der Waals surface area contributed by atoms with Gasteiger partial charge in [-0.2, -0.15) is 18.3 Å². The molecule has 0 aliphatic carbocycles. The van der Waals surface area contributed by atoms with Crippen LogP contribution in [0.2, 0.25) is 0 Å². The number of carbonyl (C=O) groups is 1. The second-order valence-corrected chi connectivity index (χ2v) is 3.53. The summed E-state index contributed by atoms with van der Waals surface area (Å²) in [5, 5.41) is 5.70. The van der Waals surface area contributed by atoms with Gasteiger partial charge in [-0.25, -0.2) is 4.98 Å². The van der Waals surface area contributed by atoms with Crippen LogP contribution in [-0.4, -0.2) is 45.3 Å². The second kappa shape index (κ2) is 5.65. The van der Waals surface area contributed by atoms with Crippen molar-refractivity contribution in [1.29, 1.82) is 0 Å². The minimum absolute atomic E-state index is 0.0511. The Balaban J connectivity index is 2.72. The highest BCUT2D eigenvalue weighted by atomic mass is 19.4. The lowest BCUT2D eigenvalue weighted by Crippen LogP contribution is -2.40. The number of aromatic nitrogens is 3. The first-order chi connectivity index (χ1) is 7.94. The van der Waals surface area contributed by atoms with Crippen molar-refractivity contribution in [2.75, 3.05) is 13.1 Å². The molecule has 0 atom stereocenters. The third-order valence-electron chi connectivity index (χ3n) is 2.06. The molecule has 1 amide bonds. The van der Waals surface area contributed by atoms with Crippen molar-refractivity contribution in [3.63, 3.8) is 0 Å². The van der Waals surface area contributed by atoms with E-state index in [1.165, 1.54) is 0 Å². The van der Waals surface area contributed by atoms with Gasteiger partial charge >= 0.3 is 6.18 Å². The number of alkyl halides is 3. The van der Waals surface area contributed by atoms with Crippen molar-refractivity contribution in [3.8, 4) is 0 Å². The van der Waals surface area contributed by atoms with Gasteiger partial charge in [0.15, 0.2) is 0 Å². The molecule has 96 valence electrons. The number of nitrogens with one attached hydrogen (secondary N) is 1. The van der Waals surface area contributed by atoms with Crippen LogP contribution >= 0.6 is 0 Å². The average Bonchev–Trinajstić information content (AvgIpc) is 2.74. The molecule has 1 heterocycles. The molecule has 0 saturated carbocycles. The summed E-state index contributed by atoms with van der Waals surface area (Å²) in [7, 11) is 0. The highest BCUT2D eigenvalue weighted by Gasteiger charge is 2.33. The van der Waals surface area contributed by atoms with Crippen LogP contribution in [0.25, 0.3) is 0 Å². The molecule has 8 heteroatoms. The predicted octanol–water partition coefficient (Wildman–Crippen LogP) is 1.61. The largest absolute Gasteiger partial charge is 0.406 e. The molecule has 0 aliphatic heterocycles. The van der Waals surface area contributed by atoms with Crippen molar-refractivity contribution in [2.24, 2.45) is 0 Å². The Hall–Kier alpha value is -1.60. The van der Waals surface area contributed by atoms with Crippen LogP contribution in [0.4, 0.5) is 13.2 Å². The van der Waals surface area contributed by atoms with E-state index in [0.29, 0.717) is 12.8 Å².